The number of aryl methyl sites for hydroxylation is 1. The van der Waals surface area contributed by atoms with Gasteiger partial charge in [-0.05, 0) is 42.5 Å². The maximum absolute atomic E-state index is 12.0. The van der Waals surface area contributed by atoms with Crippen molar-refractivity contribution < 1.29 is 9.53 Å². The minimum absolute atomic E-state index is 0.160. The Morgan fingerprint density at radius 3 is 2.73 bits per heavy atom. The molecule has 1 aliphatic heterocycles. The second-order valence-corrected chi connectivity index (χ2v) is 5.69. The molecule has 2 aromatic rings. The van der Waals surface area contributed by atoms with E-state index in [1.807, 2.05) is 43.3 Å². The molecule has 7 heteroatoms. The van der Waals surface area contributed by atoms with Gasteiger partial charge in [-0.15, -0.1) is 0 Å². The van der Waals surface area contributed by atoms with Gasteiger partial charge in [-0.3, -0.25) is 9.89 Å². The number of aromatic amines is 1. The standard InChI is InChI=1S/C15H14N4O2S/c1-9-7-13(19-18-9)16-15-17-14(20)12(22-15)8-10-3-5-11(21-2)6-4-10/h3-8H,1-2H3,(H2,16,17,18,19,20)/b12-8-. The van der Waals surface area contributed by atoms with Gasteiger partial charge < -0.3 is 10.1 Å². The normalized spacial score (nSPS) is 18.0. The number of ether oxygens (including phenoxy) is 1. The first kappa shape index (κ1) is 14.4. The molecule has 1 aromatic heterocycles. The Balaban J connectivity index is 1.79. The number of benzene rings is 1. The van der Waals surface area contributed by atoms with Crippen LogP contribution in [0.15, 0.2) is 40.2 Å². The molecule has 6 nitrogen and oxygen atoms in total. The van der Waals surface area contributed by atoms with E-state index in [9.17, 15) is 4.79 Å². The second kappa shape index (κ2) is 6.07. The van der Waals surface area contributed by atoms with E-state index in [-0.39, 0.29) is 5.91 Å². The van der Waals surface area contributed by atoms with Crippen molar-refractivity contribution in [2.24, 2.45) is 4.99 Å². The molecule has 1 amide bonds. The highest BCUT2D eigenvalue weighted by Gasteiger charge is 2.24. The number of nitrogens with one attached hydrogen (secondary N) is 2. The highest BCUT2D eigenvalue weighted by Crippen LogP contribution is 2.28. The number of rotatable bonds is 3. The van der Waals surface area contributed by atoms with Crippen LogP contribution in [-0.4, -0.2) is 28.4 Å². The Labute approximate surface area is 131 Å². The van der Waals surface area contributed by atoms with Crippen molar-refractivity contribution in [2.45, 2.75) is 6.92 Å². The summed E-state index contributed by atoms with van der Waals surface area (Å²) in [5.74, 6) is 1.17. The number of thioether (sulfide) groups is 1. The SMILES string of the molecule is COc1ccc(/C=C2\SC(=Nc3cc(C)[nH]n3)NC2=O)cc1. The average molecular weight is 314 g/mol. The van der Waals surface area contributed by atoms with Crippen LogP contribution in [0.3, 0.4) is 0 Å². The van der Waals surface area contributed by atoms with Gasteiger partial charge in [0, 0.05) is 11.8 Å². The van der Waals surface area contributed by atoms with Gasteiger partial charge in [0.2, 0.25) is 0 Å². The Hall–Kier alpha value is -2.54. The third-order valence-corrected chi connectivity index (χ3v) is 3.88. The molecule has 1 aromatic carbocycles. The van der Waals surface area contributed by atoms with Crippen molar-refractivity contribution in [2.75, 3.05) is 7.11 Å². The molecule has 3 rings (SSSR count). The summed E-state index contributed by atoms with van der Waals surface area (Å²) in [7, 11) is 1.62. The number of amidine groups is 1. The van der Waals surface area contributed by atoms with Crippen LogP contribution >= 0.6 is 11.8 Å². The van der Waals surface area contributed by atoms with E-state index in [4.69, 9.17) is 4.74 Å². The second-order valence-electron chi connectivity index (χ2n) is 4.66. The highest BCUT2D eigenvalue weighted by molar-refractivity contribution is 8.18. The summed E-state index contributed by atoms with van der Waals surface area (Å²) in [6, 6.07) is 9.31. The molecule has 112 valence electrons. The number of hydrogen-bond acceptors (Lipinski definition) is 5. The number of methoxy groups -OCH3 is 1. The van der Waals surface area contributed by atoms with Crippen LogP contribution in [0.2, 0.25) is 0 Å². The summed E-state index contributed by atoms with van der Waals surface area (Å²) in [5, 5.41) is 10.1. The van der Waals surface area contributed by atoms with Gasteiger partial charge in [0.25, 0.3) is 5.91 Å². The molecule has 0 unspecified atom stereocenters. The number of hydrogen-bond donors (Lipinski definition) is 2. The van der Waals surface area contributed by atoms with E-state index in [1.54, 1.807) is 7.11 Å². The van der Waals surface area contributed by atoms with E-state index in [1.165, 1.54) is 11.8 Å². The molecule has 22 heavy (non-hydrogen) atoms. The van der Waals surface area contributed by atoms with Crippen LogP contribution in [0, 0.1) is 6.92 Å². The largest absolute Gasteiger partial charge is 0.497 e. The number of H-pyrrole nitrogens is 1. The van der Waals surface area contributed by atoms with Crippen molar-refractivity contribution in [1.29, 1.82) is 0 Å². The molecule has 1 aliphatic rings. The first-order chi connectivity index (χ1) is 10.6. The van der Waals surface area contributed by atoms with E-state index in [2.05, 4.69) is 20.5 Å². The number of nitrogens with zero attached hydrogens (tertiary/aromatic N) is 2. The number of aromatic nitrogens is 2. The summed E-state index contributed by atoms with van der Waals surface area (Å²) in [6.45, 7) is 1.89. The van der Waals surface area contributed by atoms with Crippen LogP contribution in [0.25, 0.3) is 6.08 Å². The minimum Gasteiger partial charge on any atom is -0.497 e. The lowest BCUT2D eigenvalue weighted by Crippen LogP contribution is -2.19. The Kier molecular flexibility index (Phi) is 3.97. The molecule has 0 bridgehead atoms. The summed E-state index contributed by atoms with van der Waals surface area (Å²) < 4.78 is 5.11. The third-order valence-electron chi connectivity index (χ3n) is 2.97. The molecular formula is C15H14N4O2S. The number of carbonyl (C=O) groups is 1. The van der Waals surface area contributed by atoms with Gasteiger partial charge in [0.1, 0.15) is 5.75 Å². The first-order valence-corrected chi connectivity index (χ1v) is 7.41. The van der Waals surface area contributed by atoms with Crippen molar-refractivity contribution >= 4 is 34.7 Å². The van der Waals surface area contributed by atoms with Crippen LogP contribution in [0.4, 0.5) is 5.82 Å². The van der Waals surface area contributed by atoms with Gasteiger partial charge in [-0.1, -0.05) is 12.1 Å². The summed E-state index contributed by atoms with van der Waals surface area (Å²) >= 11 is 1.29. The smallest absolute Gasteiger partial charge is 0.264 e. The lowest BCUT2D eigenvalue weighted by molar-refractivity contribution is -0.115. The highest BCUT2D eigenvalue weighted by atomic mass is 32.2. The van der Waals surface area contributed by atoms with Gasteiger partial charge >= 0.3 is 0 Å². The number of amides is 1. The molecule has 0 spiro atoms. The fourth-order valence-corrected chi connectivity index (χ4v) is 2.73. The van der Waals surface area contributed by atoms with E-state index in [0.29, 0.717) is 15.9 Å². The predicted molar refractivity (Wildman–Crippen MR) is 87.1 cm³/mol. The van der Waals surface area contributed by atoms with Gasteiger partial charge in [0.15, 0.2) is 11.0 Å². The zero-order chi connectivity index (χ0) is 15.5. The van der Waals surface area contributed by atoms with Crippen molar-refractivity contribution in [3.8, 4) is 5.75 Å². The Morgan fingerprint density at radius 2 is 2.09 bits per heavy atom. The number of carbonyl (C=O) groups excluding carboxylic acids is 1. The quantitative estimate of drug-likeness (QED) is 0.854. The van der Waals surface area contributed by atoms with Crippen molar-refractivity contribution in [3.63, 3.8) is 0 Å². The minimum atomic E-state index is -0.160. The third kappa shape index (κ3) is 3.20. The monoisotopic (exact) mass is 314 g/mol. The van der Waals surface area contributed by atoms with Crippen LogP contribution < -0.4 is 10.1 Å². The predicted octanol–water partition coefficient (Wildman–Crippen LogP) is 2.62. The van der Waals surface area contributed by atoms with Gasteiger partial charge in [0.05, 0.1) is 12.0 Å². The Bertz CT molecular complexity index is 762. The lowest BCUT2D eigenvalue weighted by Gasteiger charge is -1.99. The maximum atomic E-state index is 12.0. The fraction of sp³-hybridized carbons (Fsp3) is 0.133. The maximum Gasteiger partial charge on any atom is 0.264 e. The first-order valence-electron chi connectivity index (χ1n) is 6.60. The zero-order valence-electron chi connectivity index (χ0n) is 12.1. The lowest BCUT2D eigenvalue weighted by atomic mass is 10.2. The van der Waals surface area contributed by atoms with Crippen molar-refractivity contribution in [3.05, 3.63) is 46.5 Å². The summed E-state index contributed by atoms with van der Waals surface area (Å²) in [5.41, 5.74) is 1.85. The molecule has 0 radical (unpaired) electrons. The molecular weight excluding hydrogens is 300 g/mol. The van der Waals surface area contributed by atoms with Gasteiger partial charge in [-0.2, -0.15) is 5.10 Å². The van der Waals surface area contributed by atoms with E-state index >= 15 is 0 Å². The van der Waals surface area contributed by atoms with Crippen LogP contribution in [-0.2, 0) is 4.79 Å². The molecule has 1 saturated heterocycles. The molecule has 0 atom stereocenters. The molecule has 1 fully saturated rings. The van der Waals surface area contributed by atoms with E-state index < -0.39 is 0 Å². The molecule has 2 N–H and O–H groups in total. The zero-order valence-corrected chi connectivity index (χ0v) is 12.9. The Morgan fingerprint density at radius 1 is 1.32 bits per heavy atom. The summed E-state index contributed by atoms with van der Waals surface area (Å²) in [6.07, 6.45) is 1.82. The van der Waals surface area contributed by atoms with Crippen LogP contribution in [0.1, 0.15) is 11.3 Å². The number of aliphatic imine (C=N–C) groups is 1. The molecule has 0 aliphatic carbocycles. The van der Waals surface area contributed by atoms with E-state index in [0.717, 1.165) is 17.0 Å². The topological polar surface area (TPSA) is 79.4 Å². The molecule has 0 saturated carbocycles. The fourth-order valence-electron chi connectivity index (χ4n) is 1.90. The van der Waals surface area contributed by atoms with Gasteiger partial charge in [-0.25, -0.2) is 4.99 Å². The van der Waals surface area contributed by atoms with Crippen LogP contribution in [0.5, 0.6) is 5.75 Å². The average Bonchev–Trinajstić information content (AvgIpc) is 3.06. The van der Waals surface area contributed by atoms with Crippen molar-refractivity contribution in [1.82, 2.24) is 15.5 Å². The summed E-state index contributed by atoms with van der Waals surface area (Å²) in [4.78, 5) is 16.9. The molecule has 2 heterocycles.